The van der Waals surface area contributed by atoms with E-state index in [-0.39, 0.29) is 0 Å². The van der Waals surface area contributed by atoms with Gasteiger partial charge in [0.05, 0.1) is 13.7 Å². The second kappa shape index (κ2) is 8.25. The number of methoxy groups -OCH3 is 1. The van der Waals surface area contributed by atoms with Crippen molar-refractivity contribution in [1.82, 2.24) is 10.2 Å². The molecular formula is C17H28N2O2. The van der Waals surface area contributed by atoms with Crippen LogP contribution in [-0.4, -0.2) is 44.3 Å². The number of nitrogens with zero attached hydrogens (tertiary/aromatic N) is 1. The Labute approximate surface area is 128 Å². The third-order valence-electron chi connectivity index (χ3n) is 3.91. The van der Waals surface area contributed by atoms with Crippen molar-refractivity contribution in [3.05, 3.63) is 23.8 Å². The maximum absolute atomic E-state index is 5.55. The van der Waals surface area contributed by atoms with Gasteiger partial charge in [-0.25, -0.2) is 0 Å². The van der Waals surface area contributed by atoms with Gasteiger partial charge < -0.3 is 19.7 Å². The molecule has 4 nitrogen and oxygen atoms in total. The quantitative estimate of drug-likeness (QED) is 0.799. The van der Waals surface area contributed by atoms with E-state index in [1.807, 2.05) is 13.0 Å². The summed E-state index contributed by atoms with van der Waals surface area (Å²) in [7, 11) is 1.69. The maximum Gasteiger partial charge on any atom is 0.161 e. The first-order valence-electron chi connectivity index (χ1n) is 7.98. The molecule has 1 heterocycles. The van der Waals surface area contributed by atoms with Gasteiger partial charge >= 0.3 is 0 Å². The summed E-state index contributed by atoms with van der Waals surface area (Å²) in [6.45, 7) is 9.39. The fourth-order valence-electron chi connectivity index (χ4n) is 2.81. The largest absolute Gasteiger partial charge is 0.493 e. The highest BCUT2D eigenvalue weighted by molar-refractivity contribution is 5.42. The molecule has 0 saturated carbocycles. The third-order valence-corrected chi connectivity index (χ3v) is 3.91. The van der Waals surface area contributed by atoms with Crippen molar-refractivity contribution in [2.75, 3.05) is 33.4 Å². The number of nitrogens with one attached hydrogen (secondary N) is 1. The van der Waals surface area contributed by atoms with E-state index >= 15 is 0 Å². The van der Waals surface area contributed by atoms with E-state index in [0.717, 1.165) is 24.6 Å². The van der Waals surface area contributed by atoms with Gasteiger partial charge in [-0.2, -0.15) is 0 Å². The van der Waals surface area contributed by atoms with Gasteiger partial charge in [0.15, 0.2) is 11.5 Å². The first-order valence-corrected chi connectivity index (χ1v) is 7.98. The monoisotopic (exact) mass is 292 g/mol. The maximum atomic E-state index is 5.55. The summed E-state index contributed by atoms with van der Waals surface area (Å²) >= 11 is 0. The molecule has 1 unspecified atom stereocenters. The molecule has 118 valence electrons. The van der Waals surface area contributed by atoms with E-state index < -0.39 is 0 Å². The summed E-state index contributed by atoms with van der Waals surface area (Å²) < 4.78 is 10.9. The predicted octanol–water partition coefficient (Wildman–Crippen LogP) is 2.67. The van der Waals surface area contributed by atoms with Crippen molar-refractivity contribution in [2.45, 2.75) is 39.3 Å². The third kappa shape index (κ3) is 4.90. The Bertz CT molecular complexity index is 431. The predicted molar refractivity (Wildman–Crippen MR) is 86.1 cm³/mol. The van der Waals surface area contributed by atoms with Crippen LogP contribution in [0.3, 0.4) is 0 Å². The zero-order valence-corrected chi connectivity index (χ0v) is 13.5. The number of benzene rings is 1. The Kier molecular flexibility index (Phi) is 6.33. The molecule has 4 heteroatoms. The van der Waals surface area contributed by atoms with Crippen LogP contribution in [0.25, 0.3) is 0 Å². The topological polar surface area (TPSA) is 33.7 Å². The highest BCUT2D eigenvalue weighted by Gasteiger charge is 2.14. The fourth-order valence-corrected chi connectivity index (χ4v) is 2.81. The van der Waals surface area contributed by atoms with Crippen LogP contribution >= 0.6 is 0 Å². The first kappa shape index (κ1) is 16.1. The lowest BCUT2D eigenvalue weighted by atomic mass is 10.2. The minimum atomic E-state index is 0.501. The van der Waals surface area contributed by atoms with Gasteiger partial charge in [0.2, 0.25) is 0 Å². The van der Waals surface area contributed by atoms with Gasteiger partial charge in [0.25, 0.3) is 0 Å². The molecule has 1 saturated heterocycles. The molecule has 1 N–H and O–H groups in total. The molecule has 21 heavy (non-hydrogen) atoms. The number of ether oxygens (including phenoxy) is 2. The van der Waals surface area contributed by atoms with Crippen LogP contribution in [0.5, 0.6) is 11.5 Å². The SMILES string of the molecule is CCOc1ccc(CNC(C)CN2CCCC2)cc1OC. The number of hydrogen-bond donors (Lipinski definition) is 1. The van der Waals surface area contributed by atoms with Crippen molar-refractivity contribution >= 4 is 0 Å². The summed E-state index contributed by atoms with van der Waals surface area (Å²) in [5.74, 6) is 1.62. The van der Waals surface area contributed by atoms with Crippen LogP contribution in [0.2, 0.25) is 0 Å². The summed E-state index contributed by atoms with van der Waals surface area (Å²) in [5, 5.41) is 3.59. The second-order valence-corrected chi connectivity index (χ2v) is 5.71. The molecule has 0 amide bonds. The Morgan fingerprint density at radius 2 is 2.00 bits per heavy atom. The van der Waals surface area contributed by atoms with E-state index in [1.165, 1.54) is 31.5 Å². The highest BCUT2D eigenvalue weighted by Crippen LogP contribution is 2.28. The summed E-state index contributed by atoms with van der Waals surface area (Å²) in [6.07, 6.45) is 2.70. The van der Waals surface area contributed by atoms with Crippen LogP contribution in [0.1, 0.15) is 32.3 Å². The normalized spacial score (nSPS) is 16.9. The number of hydrogen-bond acceptors (Lipinski definition) is 4. The zero-order chi connectivity index (χ0) is 15.1. The molecule has 0 aliphatic carbocycles. The second-order valence-electron chi connectivity index (χ2n) is 5.71. The van der Waals surface area contributed by atoms with Crippen molar-refractivity contribution in [2.24, 2.45) is 0 Å². The zero-order valence-electron chi connectivity index (χ0n) is 13.5. The summed E-state index contributed by atoms with van der Waals surface area (Å²) in [4.78, 5) is 2.54. The van der Waals surface area contributed by atoms with Crippen molar-refractivity contribution < 1.29 is 9.47 Å². The van der Waals surface area contributed by atoms with E-state index in [1.54, 1.807) is 7.11 Å². The number of likely N-dealkylation sites (tertiary alicyclic amines) is 1. The molecule has 0 radical (unpaired) electrons. The lowest BCUT2D eigenvalue weighted by molar-refractivity contribution is 0.297. The molecule has 1 aromatic rings. The van der Waals surface area contributed by atoms with Gasteiger partial charge in [-0.1, -0.05) is 6.07 Å². The van der Waals surface area contributed by atoms with Crippen molar-refractivity contribution in [3.8, 4) is 11.5 Å². The van der Waals surface area contributed by atoms with E-state index in [4.69, 9.17) is 9.47 Å². The molecular weight excluding hydrogens is 264 g/mol. The molecule has 1 aliphatic rings. The summed E-state index contributed by atoms with van der Waals surface area (Å²) in [6, 6.07) is 6.65. The molecule has 1 fully saturated rings. The molecule has 2 rings (SSSR count). The van der Waals surface area contributed by atoms with Crippen LogP contribution in [0, 0.1) is 0 Å². The van der Waals surface area contributed by atoms with Gasteiger partial charge in [0.1, 0.15) is 0 Å². The van der Waals surface area contributed by atoms with Crippen LogP contribution < -0.4 is 14.8 Å². The van der Waals surface area contributed by atoms with Gasteiger partial charge in [-0.15, -0.1) is 0 Å². The van der Waals surface area contributed by atoms with Crippen molar-refractivity contribution in [3.63, 3.8) is 0 Å². The highest BCUT2D eigenvalue weighted by atomic mass is 16.5. The molecule has 0 aromatic heterocycles. The lowest BCUT2D eigenvalue weighted by Gasteiger charge is -2.21. The average Bonchev–Trinajstić information content (AvgIpc) is 2.99. The Morgan fingerprint density at radius 1 is 1.24 bits per heavy atom. The molecule has 1 atom stereocenters. The molecule has 1 aromatic carbocycles. The Balaban J connectivity index is 1.84. The van der Waals surface area contributed by atoms with Crippen molar-refractivity contribution in [1.29, 1.82) is 0 Å². The fraction of sp³-hybridized carbons (Fsp3) is 0.647. The van der Waals surface area contributed by atoms with E-state index in [9.17, 15) is 0 Å². The van der Waals surface area contributed by atoms with E-state index in [2.05, 4.69) is 29.3 Å². The Hall–Kier alpha value is -1.26. The van der Waals surface area contributed by atoms with Gasteiger partial charge in [0, 0.05) is 19.1 Å². The van der Waals surface area contributed by atoms with Gasteiger partial charge in [-0.05, 0) is 57.5 Å². The van der Waals surface area contributed by atoms with Crippen LogP contribution in [0.4, 0.5) is 0 Å². The minimum absolute atomic E-state index is 0.501. The minimum Gasteiger partial charge on any atom is -0.493 e. The standard InChI is InChI=1S/C17H28N2O2/c1-4-21-16-8-7-15(11-17(16)20-3)12-18-14(2)13-19-9-5-6-10-19/h7-8,11,14,18H,4-6,9-10,12-13H2,1-3H3. The smallest absolute Gasteiger partial charge is 0.161 e. The molecule has 1 aliphatic heterocycles. The van der Waals surface area contributed by atoms with E-state index in [0.29, 0.717) is 12.6 Å². The summed E-state index contributed by atoms with van der Waals surface area (Å²) in [5.41, 5.74) is 1.23. The van der Waals surface area contributed by atoms with Gasteiger partial charge in [-0.3, -0.25) is 0 Å². The molecule has 0 bridgehead atoms. The van der Waals surface area contributed by atoms with Crippen LogP contribution in [-0.2, 0) is 6.54 Å². The van der Waals surface area contributed by atoms with Crippen LogP contribution in [0.15, 0.2) is 18.2 Å². The lowest BCUT2D eigenvalue weighted by Crippen LogP contribution is -2.37. The Morgan fingerprint density at radius 3 is 2.67 bits per heavy atom. The number of rotatable bonds is 8. The molecule has 0 spiro atoms. The first-order chi connectivity index (χ1) is 10.2. The average molecular weight is 292 g/mol.